The van der Waals surface area contributed by atoms with E-state index in [1.165, 1.54) is 0 Å². The topological polar surface area (TPSA) is 72.2 Å². The number of nitrogens with one attached hydrogen (secondary N) is 1. The minimum absolute atomic E-state index is 0.0134. The van der Waals surface area contributed by atoms with E-state index in [4.69, 9.17) is 0 Å². The van der Waals surface area contributed by atoms with Crippen molar-refractivity contribution in [3.05, 3.63) is 39.4 Å². The molecule has 1 aliphatic rings. The number of thioether (sulfide) groups is 1. The zero-order valence-electron chi connectivity index (χ0n) is 13.4. The Balaban J connectivity index is 1.98. The Morgan fingerprint density at radius 1 is 1.38 bits per heavy atom. The molecule has 0 radical (unpaired) electrons. The summed E-state index contributed by atoms with van der Waals surface area (Å²) in [6, 6.07) is 1.29. The van der Waals surface area contributed by atoms with Gasteiger partial charge in [0.25, 0.3) is 5.69 Å². The second-order valence-electron chi connectivity index (χ2n) is 5.83. The van der Waals surface area contributed by atoms with Crippen LogP contribution >= 0.6 is 11.8 Å². The second kappa shape index (κ2) is 8.41. The first kappa shape index (κ1) is 18.6. The van der Waals surface area contributed by atoms with Gasteiger partial charge in [-0.25, -0.2) is 8.78 Å². The van der Waals surface area contributed by atoms with Crippen molar-refractivity contribution in [3.8, 4) is 0 Å². The van der Waals surface area contributed by atoms with Crippen LogP contribution in [-0.2, 0) is 11.2 Å². The number of hydrogen-bond acceptors (Lipinski definition) is 4. The molecule has 0 aromatic heterocycles. The zero-order valence-corrected chi connectivity index (χ0v) is 14.2. The summed E-state index contributed by atoms with van der Waals surface area (Å²) in [6.45, 7) is 2.09. The van der Waals surface area contributed by atoms with Crippen molar-refractivity contribution in [2.75, 3.05) is 5.75 Å². The molecule has 1 N–H and O–H groups in total. The lowest BCUT2D eigenvalue weighted by Gasteiger charge is -2.29. The molecule has 0 saturated heterocycles. The van der Waals surface area contributed by atoms with Crippen LogP contribution in [0.25, 0.3) is 0 Å². The van der Waals surface area contributed by atoms with Crippen LogP contribution in [0, 0.1) is 21.7 Å². The standard InChI is InChI=1S/C16H20F2N2O3S/c1-2-24-12-5-3-4-10(6-12)19-16(21)9-13-14(17)7-11(20(22)23)8-15(13)18/h7-8,10,12H,2-6,9H2,1H3,(H,19,21). The third-order valence-corrected chi connectivity index (χ3v) is 5.30. The highest BCUT2D eigenvalue weighted by atomic mass is 32.2. The molecule has 24 heavy (non-hydrogen) atoms. The van der Waals surface area contributed by atoms with Gasteiger partial charge < -0.3 is 5.32 Å². The maximum absolute atomic E-state index is 13.8. The van der Waals surface area contributed by atoms with Crippen LogP contribution in [0.4, 0.5) is 14.5 Å². The number of benzene rings is 1. The molecular weight excluding hydrogens is 338 g/mol. The van der Waals surface area contributed by atoms with E-state index in [-0.39, 0.29) is 6.04 Å². The molecule has 1 aromatic rings. The molecule has 0 spiro atoms. The molecule has 8 heteroatoms. The number of nitro benzene ring substituents is 1. The van der Waals surface area contributed by atoms with E-state index in [1.54, 1.807) is 0 Å². The fourth-order valence-corrected chi connectivity index (χ4v) is 4.14. The van der Waals surface area contributed by atoms with Crippen LogP contribution in [0.3, 0.4) is 0 Å². The van der Waals surface area contributed by atoms with E-state index >= 15 is 0 Å². The first-order valence-electron chi connectivity index (χ1n) is 7.94. The Hall–Kier alpha value is -1.70. The van der Waals surface area contributed by atoms with Crippen LogP contribution in [0.2, 0.25) is 0 Å². The van der Waals surface area contributed by atoms with Gasteiger partial charge in [0.2, 0.25) is 5.91 Å². The zero-order chi connectivity index (χ0) is 17.7. The van der Waals surface area contributed by atoms with Crippen LogP contribution in [-0.4, -0.2) is 27.9 Å². The quantitative estimate of drug-likeness (QED) is 0.623. The molecule has 5 nitrogen and oxygen atoms in total. The number of hydrogen-bond donors (Lipinski definition) is 1. The molecule has 2 rings (SSSR count). The summed E-state index contributed by atoms with van der Waals surface area (Å²) in [4.78, 5) is 21.8. The highest BCUT2D eigenvalue weighted by Gasteiger charge is 2.24. The van der Waals surface area contributed by atoms with Gasteiger partial charge in [0.05, 0.1) is 23.5 Å². The third kappa shape index (κ3) is 4.90. The number of carbonyl (C=O) groups is 1. The third-order valence-electron chi connectivity index (χ3n) is 4.07. The van der Waals surface area contributed by atoms with Crippen molar-refractivity contribution < 1.29 is 18.5 Å². The first-order chi connectivity index (χ1) is 11.4. The Kier molecular flexibility index (Phi) is 6.53. The van der Waals surface area contributed by atoms with E-state index in [0.29, 0.717) is 17.4 Å². The average Bonchev–Trinajstić information content (AvgIpc) is 2.51. The molecule has 132 valence electrons. The smallest absolute Gasteiger partial charge is 0.275 e. The summed E-state index contributed by atoms with van der Waals surface area (Å²) in [6.07, 6.45) is 3.39. The van der Waals surface area contributed by atoms with Gasteiger partial charge in [-0.1, -0.05) is 13.3 Å². The second-order valence-corrected chi connectivity index (χ2v) is 7.41. The summed E-state index contributed by atoms with van der Waals surface area (Å²) in [5.41, 5.74) is -1.10. The van der Waals surface area contributed by atoms with Gasteiger partial charge in [0.1, 0.15) is 11.6 Å². The molecule has 2 atom stereocenters. The molecule has 1 amide bonds. The van der Waals surface area contributed by atoms with Crippen molar-refractivity contribution in [1.29, 1.82) is 0 Å². The Labute approximate surface area is 143 Å². The fourth-order valence-electron chi connectivity index (χ4n) is 2.97. The predicted molar refractivity (Wildman–Crippen MR) is 89.0 cm³/mol. The van der Waals surface area contributed by atoms with Crippen LogP contribution in [0.1, 0.15) is 38.2 Å². The van der Waals surface area contributed by atoms with Gasteiger partial charge in [0, 0.05) is 16.9 Å². The highest BCUT2D eigenvalue weighted by molar-refractivity contribution is 7.99. The SMILES string of the molecule is CCSC1CCCC(NC(=O)Cc2c(F)cc([N+](=O)[O-])cc2F)C1. The van der Waals surface area contributed by atoms with E-state index in [1.807, 2.05) is 11.8 Å². The fraction of sp³-hybridized carbons (Fsp3) is 0.562. The van der Waals surface area contributed by atoms with Gasteiger partial charge in [-0.15, -0.1) is 0 Å². The van der Waals surface area contributed by atoms with Gasteiger partial charge in [-0.05, 0) is 25.0 Å². The molecule has 0 heterocycles. The summed E-state index contributed by atoms with van der Waals surface area (Å²) in [5, 5.41) is 13.9. The van der Waals surface area contributed by atoms with Crippen molar-refractivity contribution in [1.82, 2.24) is 5.32 Å². The van der Waals surface area contributed by atoms with Gasteiger partial charge in [-0.3, -0.25) is 14.9 Å². The number of nitro groups is 1. The Bertz CT molecular complexity index is 602. The lowest BCUT2D eigenvalue weighted by atomic mass is 9.94. The normalized spacial score (nSPS) is 20.6. The van der Waals surface area contributed by atoms with Crippen molar-refractivity contribution in [3.63, 3.8) is 0 Å². The number of carbonyl (C=O) groups excluding carboxylic acids is 1. The lowest BCUT2D eigenvalue weighted by molar-refractivity contribution is -0.385. The summed E-state index contributed by atoms with van der Waals surface area (Å²) >= 11 is 1.86. The van der Waals surface area contributed by atoms with E-state index < -0.39 is 40.1 Å². The van der Waals surface area contributed by atoms with E-state index in [0.717, 1.165) is 31.4 Å². The molecule has 1 fully saturated rings. The number of non-ortho nitro benzene ring substituents is 1. The van der Waals surface area contributed by atoms with Crippen molar-refractivity contribution >= 4 is 23.4 Å². The van der Waals surface area contributed by atoms with Crippen molar-refractivity contribution in [2.45, 2.75) is 50.3 Å². The number of rotatable bonds is 6. The number of halogens is 2. The Morgan fingerprint density at radius 3 is 2.62 bits per heavy atom. The predicted octanol–water partition coefficient (Wildman–Crippen LogP) is 3.60. The summed E-state index contributed by atoms with van der Waals surface area (Å²) in [7, 11) is 0. The minimum atomic E-state index is -1.07. The van der Waals surface area contributed by atoms with Crippen molar-refractivity contribution in [2.24, 2.45) is 0 Å². The van der Waals surface area contributed by atoms with E-state index in [2.05, 4.69) is 12.2 Å². The summed E-state index contributed by atoms with van der Waals surface area (Å²) in [5.74, 6) is -1.58. The molecule has 1 aromatic carbocycles. The summed E-state index contributed by atoms with van der Waals surface area (Å²) < 4.78 is 27.7. The van der Waals surface area contributed by atoms with E-state index in [9.17, 15) is 23.7 Å². The highest BCUT2D eigenvalue weighted by Crippen LogP contribution is 2.28. The molecule has 0 aliphatic heterocycles. The molecule has 2 unspecified atom stereocenters. The van der Waals surface area contributed by atoms with Gasteiger partial charge >= 0.3 is 0 Å². The maximum atomic E-state index is 13.8. The van der Waals surface area contributed by atoms with Crippen LogP contribution < -0.4 is 5.32 Å². The van der Waals surface area contributed by atoms with Gasteiger partial charge in [-0.2, -0.15) is 11.8 Å². The molecule has 1 aliphatic carbocycles. The maximum Gasteiger partial charge on any atom is 0.275 e. The molecular formula is C16H20F2N2O3S. The van der Waals surface area contributed by atoms with Crippen LogP contribution in [0.5, 0.6) is 0 Å². The van der Waals surface area contributed by atoms with Crippen LogP contribution in [0.15, 0.2) is 12.1 Å². The lowest BCUT2D eigenvalue weighted by Crippen LogP contribution is -2.40. The number of amides is 1. The molecule has 0 bridgehead atoms. The van der Waals surface area contributed by atoms with Gasteiger partial charge in [0.15, 0.2) is 0 Å². The molecule has 1 saturated carbocycles. The largest absolute Gasteiger partial charge is 0.353 e. The Morgan fingerprint density at radius 2 is 2.04 bits per heavy atom. The first-order valence-corrected chi connectivity index (χ1v) is 8.98. The monoisotopic (exact) mass is 358 g/mol. The average molecular weight is 358 g/mol. The number of nitrogens with zero attached hydrogens (tertiary/aromatic N) is 1. The minimum Gasteiger partial charge on any atom is -0.353 e.